The van der Waals surface area contributed by atoms with E-state index in [1.54, 1.807) is 20.8 Å². The van der Waals surface area contributed by atoms with Gasteiger partial charge in [0, 0.05) is 12.2 Å². The molecular formula is C14H18F3NO3. The molecule has 0 aliphatic heterocycles. The summed E-state index contributed by atoms with van der Waals surface area (Å²) in [7, 11) is 0. The zero-order chi connectivity index (χ0) is 16.1. The van der Waals surface area contributed by atoms with Gasteiger partial charge in [-0.05, 0) is 45.0 Å². The Labute approximate surface area is 121 Å². The number of esters is 1. The largest absolute Gasteiger partial charge is 0.573 e. The van der Waals surface area contributed by atoms with Gasteiger partial charge in [-0.2, -0.15) is 0 Å². The molecule has 1 aromatic rings. The number of hydrogen-bond donors (Lipinski definition) is 1. The minimum absolute atomic E-state index is 0.165. The fourth-order valence-corrected chi connectivity index (χ4v) is 1.48. The van der Waals surface area contributed by atoms with Crippen LogP contribution >= 0.6 is 0 Å². The van der Waals surface area contributed by atoms with Crippen LogP contribution in [0.5, 0.6) is 5.75 Å². The highest BCUT2D eigenvalue weighted by Crippen LogP contribution is 2.23. The summed E-state index contributed by atoms with van der Waals surface area (Å²) >= 11 is 0. The van der Waals surface area contributed by atoms with Crippen LogP contribution in [0, 0.1) is 0 Å². The molecule has 0 radical (unpaired) electrons. The lowest BCUT2D eigenvalue weighted by Gasteiger charge is -2.19. The number of ether oxygens (including phenoxy) is 2. The van der Waals surface area contributed by atoms with Crippen molar-refractivity contribution in [2.45, 2.75) is 39.2 Å². The van der Waals surface area contributed by atoms with Gasteiger partial charge in [0.1, 0.15) is 11.4 Å². The first kappa shape index (κ1) is 17.1. The second-order valence-electron chi connectivity index (χ2n) is 5.34. The number of hydrogen-bond acceptors (Lipinski definition) is 4. The van der Waals surface area contributed by atoms with Gasteiger partial charge >= 0.3 is 12.3 Å². The van der Waals surface area contributed by atoms with Crippen molar-refractivity contribution in [3.05, 3.63) is 24.3 Å². The van der Waals surface area contributed by atoms with Crippen LogP contribution in [-0.4, -0.2) is 24.5 Å². The van der Waals surface area contributed by atoms with E-state index in [0.29, 0.717) is 12.2 Å². The van der Waals surface area contributed by atoms with Crippen molar-refractivity contribution < 1.29 is 27.4 Å². The number of rotatable bonds is 5. The van der Waals surface area contributed by atoms with Crippen LogP contribution in [0.3, 0.4) is 0 Å². The Kier molecular flexibility index (Phi) is 5.46. The van der Waals surface area contributed by atoms with Gasteiger partial charge in [-0.15, -0.1) is 13.2 Å². The van der Waals surface area contributed by atoms with E-state index >= 15 is 0 Å². The number of nitrogens with one attached hydrogen (secondary N) is 1. The fraction of sp³-hybridized carbons (Fsp3) is 0.500. The predicted octanol–water partition coefficient (Wildman–Crippen LogP) is 3.73. The Morgan fingerprint density at radius 3 is 2.19 bits per heavy atom. The van der Waals surface area contributed by atoms with Crippen LogP contribution in [0.25, 0.3) is 0 Å². The summed E-state index contributed by atoms with van der Waals surface area (Å²) in [6.45, 7) is 5.65. The molecule has 0 saturated carbocycles. The highest BCUT2D eigenvalue weighted by molar-refractivity contribution is 5.70. The average Bonchev–Trinajstić information content (AvgIpc) is 2.27. The zero-order valence-corrected chi connectivity index (χ0v) is 12.1. The second kappa shape index (κ2) is 6.69. The summed E-state index contributed by atoms with van der Waals surface area (Å²) in [6.07, 6.45) is -4.54. The Morgan fingerprint density at radius 1 is 1.14 bits per heavy atom. The van der Waals surface area contributed by atoms with Gasteiger partial charge in [-0.3, -0.25) is 4.79 Å². The van der Waals surface area contributed by atoms with E-state index in [9.17, 15) is 18.0 Å². The first-order valence-electron chi connectivity index (χ1n) is 6.37. The summed E-state index contributed by atoms with van der Waals surface area (Å²) in [5.74, 6) is -0.632. The quantitative estimate of drug-likeness (QED) is 0.842. The predicted molar refractivity (Wildman–Crippen MR) is 72.1 cm³/mol. The average molecular weight is 305 g/mol. The molecule has 21 heavy (non-hydrogen) atoms. The van der Waals surface area contributed by atoms with Crippen LogP contribution in [0.15, 0.2) is 24.3 Å². The maximum absolute atomic E-state index is 12.0. The van der Waals surface area contributed by atoms with Gasteiger partial charge in [-0.1, -0.05) is 0 Å². The number of carbonyl (C=O) groups excluding carboxylic acids is 1. The number of alkyl halides is 3. The fourth-order valence-electron chi connectivity index (χ4n) is 1.48. The molecule has 1 rings (SSSR count). The van der Waals surface area contributed by atoms with Crippen LogP contribution in [0.1, 0.15) is 27.2 Å². The molecule has 0 saturated heterocycles. The van der Waals surface area contributed by atoms with E-state index in [1.807, 2.05) is 0 Å². The molecular weight excluding hydrogens is 287 g/mol. The molecule has 0 heterocycles. The van der Waals surface area contributed by atoms with Gasteiger partial charge in [0.15, 0.2) is 0 Å². The third kappa shape index (κ3) is 8.06. The smallest absolute Gasteiger partial charge is 0.460 e. The highest BCUT2D eigenvalue weighted by atomic mass is 19.4. The van der Waals surface area contributed by atoms with Gasteiger partial charge in [0.05, 0.1) is 6.42 Å². The molecule has 0 spiro atoms. The van der Waals surface area contributed by atoms with E-state index in [-0.39, 0.29) is 18.1 Å². The summed E-state index contributed by atoms with van der Waals surface area (Å²) in [5, 5.41) is 2.91. The molecule has 0 bridgehead atoms. The molecule has 7 heteroatoms. The van der Waals surface area contributed by atoms with E-state index in [2.05, 4.69) is 10.1 Å². The van der Waals surface area contributed by atoms with Gasteiger partial charge in [0.2, 0.25) is 0 Å². The number of halogens is 3. The SMILES string of the molecule is CC(C)(C)OC(=O)CCNc1ccc(OC(F)(F)F)cc1. The lowest BCUT2D eigenvalue weighted by atomic mass is 10.2. The van der Waals surface area contributed by atoms with Crippen molar-refractivity contribution >= 4 is 11.7 Å². The summed E-state index contributed by atoms with van der Waals surface area (Å²) in [5.41, 5.74) is 0.0568. The van der Waals surface area contributed by atoms with Gasteiger partial charge in [0.25, 0.3) is 0 Å². The molecule has 118 valence electrons. The van der Waals surface area contributed by atoms with Crippen LogP contribution < -0.4 is 10.1 Å². The Hall–Kier alpha value is -1.92. The van der Waals surface area contributed by atoms with Crippen molar-refractivity contribution in [1.29, 1.82) is 0 Å². The second-order valence-corrected chi connectivity index (χ2v) is 5.34. The number of carbonyl (C=O) groups is 1. The van der Waals surface area contributed by atoms with E-state index in [4.69, 9.17) is 4.74 Å². The lowest BCUT2D eigenvalue weighted by molar-refractivity contribution is -0.274. The van der Waals surface area contributed by atoms with Crippen molar-refractivity contribution in [1.82, 2.24) is 0 Å². The lowest BCUT2D eigenvalue weighted by Crippen LogP contribution is -2.25. The molecule has 1 aromatic carbocycles. The standard InChI is InChI=1S/C14H18F3NO3/c1-13(2,3)21-12(19)8-9-18-10-4-6-11(7-5-10)20-14(15,16)17/h4-7,18H,8-9H2,1-3H3. The summed E-state index contributed by atoms with van der Waals surface area (Å²) in [6, 6.07) is 5.28. The monoisotopic (exact) mass is 305 g/mol. The van der Waals surface area contributed by atoms with Crippen LogP contribution in [-0.2, 0) is 9.53 Å². The number of anilines is 1. The first-order valence-corrected chi connectivity index (χ1v) is 6.37. The third-order valence-corrected chi connectivity index (χ3v) is 2.17. The minimum atomic E-state index is -4.70. The molecule has 0 aliphatic rings. The molecule has 0 amide bonds. The Morgan fingerprint density at radius 2 is 1.71 bits per heavy atom. The zero-order valence-electron chi connectivity index (χ0n) is 12.1. The summed E-state index contributed by atoms with van der Waals surface area (Å²) in [4.78, 5) is 11.5. The van der Waals surface area contributed by atoms with Crippen molar-refractivity contribution in [2.75, 3.05) is 11.9 Å². The van der Waals surface area contributed by atoms with E-state index in [0.717, 1.165) is 0 Å². The molecule has 0 aliphatic carbocycles. The van der Waals surface area contributed by atoms with Gasteiger partial charge in [-0.25, -0.2) is 0 Å². The minimum Gasteiger partial charge on any atom is -0.460 e. The van der Waals surface area contributed by atoms with Gasteiger partial charge < -0.3 is 14.8 Å². The molecule has 0 unspecified atom stereocenters. The molecule has 4 nitrogen and oxygen atoms in total. The topological polar surface area (TPSA) is 47.6 Å². The van der Waals surface area contributed by atoms with Crippen molar-refractivity contribution in [3.8, 4) is 5.75 Å². The van der Waals surface area contributed by atoms with Crippen molar-refractivity contribution in [3.63, 3.8) is 0 Å². The molecule has 1 N–H and O–H groups in total. The summed E-state index contributed by atoms with van der Waals surface area (Å²) < 4.78 is 44.8. The molecule has 0 aromatic heterocycles. The van der Waals surface area contributed by atoms with E-state index in [1.165, 1.54) is 24.3 Å². The maximum atomic E-state index is 12.0. The van der Waals surface area contributed by atoms with Crippen LogP contribution in [0.4, 0.5) is 18.9 Å². The van der Waals surface area contributed by atoms with Crippen molar-refractivity contribution in [2.24, 2.45) is 0 Å². The first-order chi connectivity index (χ1) is 9.55. The normalized spacial score (nSPS) is 11.9. The van der Waals surface area contributed by atoms with Crippen LogP contribution in [0.2, 0.25) is 0 Å². The maximum Gasteiger partial charge on any atom is 0.573 e. The molecule has 0 fully saturated rings. The van der Waals surface area contributed by atoms with E-state index < -0.39 is 12.0 Å². The Bertz CT molecular complexity index is 464. The highest BCUT2D eigenvalue weighted by Gasteiger charge is 2.30. The third-order valence-electron chi connectivity index (χ3n) is 2.17. The Balaban J connectivity index is 2.38. The molecule has 0 atom stereocenters. The number of benzene rings is 1.